The molecule has 0 radical (unpaired) electrons. The molecule has 0 atom stereocenters. The molecular weight excluding hydrogens is 396 g/mol. The van der Waals surface area contributed by atoms with Crippen molar-refractivity contribution < 1.29 is 14.3 Å². The highest BCUT2D eigenvalue weighted by molar-refractivity contribution is 7.10. The maximum Gasteiger partial charge on any atom is 0.272 e. The Morgan fingerprint density at radius 3 is 2.57 bits per heavy atom. The number of nitrogens with one attached hydrogen (secondary N) is 2. The molecule has 0 aliphatic carbocycles. The van der Waals surface area contributed by atoms with Crippen LogP contribution in [0.15, 0.2) is 84.4 Å². The van der Waals surface area contributed by atoms with Gasteiger partial charge in [-0.1, -0.05) is 36.4 Å². The van der Waals surface area contributed by atoms with E-state index in [4.69, 9.17) is 4.74 Å². The van der Waals surface area contributed by atoms with Crippen molar-refractivity contribution in [1.29, 1.82) is 0 Å². The Bertz CT molecular complexity index is 1050. The van der Waals surface area contributed by atoms with Crippen LogP contribution in [0.2, 0.25) is 0 Å². The molecular formula is C24H22N2O3S. The van der Waals surface area contributed by atoms with E-state index >= 15 is 0 Å². The zero-order chi connectivity index (χ0) is 21.3. The van der Waals surface area contributed by atoms with Gasteiger partial charge >= 0.3 is 0 Å². The third-order valence-corrected chi connectivity index (χ3v) is 4.90. The Hall–Kier alpha value is -3.64. The van der Waals surface area contributed by atoms with Gasteiger partial charge in [0.05, 0.1) is 0 Å². The molecule has 1 heterocycles. The number of hydrogen-bond donors (Lipinski definition) is 2. The standard InChI is InChI=1S/C24H22N2O3S/c1-3-13-29-20-11-9-19(10-12-20)25-24(28)22(16-21-8-5-14-30-21)26-23(27)18-7-4-6-17(2)15-18/h3-12,14-16H,1,13H2,2H3,(H,25,28)(H,26,27)/b22-16-. The average molecular weight is 419 g/mol. The molecule has 30 heavy (non-hydrogen) atoms. The van der Waals surface area contributed by atoms with Crippen LogP contribution in [0.25, 0.3) is 6.08 Å². The normalized spacial score (nSPS) is 10.9. The SMILES string of the molecule is C=CCOc1ccc(NC(=O)/C(=C/c2cccs2)NC(=O)c2cccc(C)c2)cc1. The van der Waals surface area contributed by atoms with Crippen molar-refractivity contribution in [2.75, 3.05) is 11.9 Å². The lowest BCUT2D eigenvalue weighted by Gasteiger charge is -2.12. The van der Waals surface area contributed by atoms with Gasteiger partial charge in [0.25, 0.3) is 11.8 Å². The van der Waals surface area contributed by atoms with Crippen LogP contribution >= 0.6 is 11.3 Å². The number of carbonyl (C=O) groups is 2. The van der Waals surface area contributed by atoms with Gasteiger partial charge in [-0.05, 0) is 60.8 Å². The van der Waals surface area contributed by atoms with Crippen molar-refractivity contribution in [1.82, 2.24) is 5.32 Å². The molecule has 2 N–H and O–H groups in total. The fourth-order valence-electron chi connectivity index (χ4n) is 2.64. The molecule has 1 aromatic heterocycles. The van der Waals surface area contributed by atoms with E-state index in [0.29, 0.717) is 23.6 Å². The minimum Gasteiger partial charge on any atom is -0.490 e. The number of ether oxygens (including phenoxy) is 1. The van der Waals surface area contributed by atoms with Crippen LogP contribution in [0, 0.1) is 6.92 Å². The quantitative estimate of drug-likeness (QED) is 0.398. The van der Waals surface area contributed by atoms with E-state index < -0.39 is 5.91 Å². The Morgan fingerprint density at radius 2 is 1.90 bits per heavy atom. The highest BCUT2D eigenvalue weighted by atomic mass is 32.1. The molecule has 3 rings (SSSR count). The summed E-state index contributed by atoms with van der Waals surface area (Å²) in [6.45, 7) is 5.93. The first kappa shape index (κ1) is 21.1. The monoisotopic (exact) mass is 418 g/mol. The number of rotatable bonds is 8. The van der Waals surface area contributed by atoms with E-state index in [1.165, 1.54) is 11.3 Å². The van der Waals surface area contributed by atoms with Crippen LogP contribution in [0.5, 0.6) is 5.75 Å². The van der Waals surface area contributed by atoms with Crippen molar-refractivity contribution in [2.24, 2.45) is 0 Å². The van der Waals surface area contributed by atoms with E-state index in [0.717, 1.165) is 10.4 Å². The molecule has 0 fully saturated rings. The third kappa shape index (κ3) is 5.93. The van der Waals surface area contributed by atoms with Crippen molar-refractivity contribution in [3.05, 3.63) is 100 Å². The summed E-state index contributed by atoms with van der Waals surface area (Å²) in [4.78, 5) is 26.4. The van der Waals surface area contributed by atoms with Crippen LogP contribution in [0.1, 0.15) is 20.8 Å². The first-order valence-electron chi connectivity index (χ1n) is 9.33. The number of aryl methyl sites for hydroxylation is 1. The second-order valence-electron chi connectivity index (χ2n) is 6.48. The molecule has 6 heteroatoms. The molecule has 0 saturated carbocycles. The lowest BCUT2D eigenvalue weighted by atomic mass is 10.1. The minimum atomic E-state index is -0.413. The number of amides is 2. The van der Waals surface area contributed by atoms with Gasteiger partial charge in [0.1, 0.15) is 18.1 Å². The van der Waals surface area contributed by atoms with E-state index in [1.807, 2.05) is 36.6 Å². The second kappa shape index (κ2) is 10.2. The van der Waals surface area contributed by atoms with Crippen LogP contribution in [-0.2, 0) is 4.79 Å². The highest BCUT2D eigenvalue weighted by Gasteiger charge is 2.15. The Balaban J connectivity index is 1.77. The molecule has 0 saturated heterocycles. The fraction of sp³-hybridized carbons (Fsp3) is 0.0833. The number of hydrogen-bond acceptors (Lipinski definition) is 4. The Labute approximate surface area is 179 Å². The summed E-state index contributed by atoms with van der Waals surface area (Å²) in [5.74, 6) is -0.0796. The number of carbonyl (C=O) groups excluding carboxylic acids is 2. The number of anilines is 1. The third-order valence-electron chi connectivity index (χ3n) is 4.08. The van der Waals surface area contributed by atoms with E-state index in [9.17, 15) is 9.59 Å². The Morgan fingerprint density at radius 1 is 1.10 bits per heavy atom. The van der Waals surface area contributed by atoms with Gasteiger partial charge in [0.15, 0.2) is 0 Å². The second-order valence-corrected chi connectivity index (χ2v) is 7.45. The smallest absolute Gasteiger partial charge is 0.272 e. The van der Waals surface area contributed by atoms with Gasteiger partial charge in [0.2, 0.25) is 0 Å². The molecule has 2 amide bonds. The van der Waals surface area contributed by atoms with Crippen molar-refractivity contribution in [2.45, 2.75) is 6.92 Å². The maximum absolute atomic E-state index is 12.9. The molecule has 0 spiro atoms. The van der Waals surface area contributed by atoms with Crippen LogP contribution in [0.4, 0.5) is 5.69 Å². The summed E-state index contributed by atoms with van der Waals surface area (Å²) in [5, 5.41) is 7.46. The zero-order valence-electron chi connectivity index (χ0n) is 16.6. The summed E-state index contributed by atoms with van der Waals surface area (Å²) in [5.41, 5.74) is 2.21. The fourth-order valence-corrected chi connectivity index (χ4v) is 3.30. The van der Waals surface area contributed by atoms with Gasteiger partial charge in [0, 0.05) is 16.1 Å². The van der Waals surface area contributed by atoms with Crippen molar-refractivity contribution in [3.8, 4) is 5.75 Å². The average Bonchev–Trinajstić information content (AvgIpc) is 3.26. The Kier molecular flexibility index (Phi) is 7.19. The summed E-state index contributed by atoms with van der Waals surface area (Å²) >= 11 is 1.48. The van der Waals surface area contributed by atoms with Gasteiger partial charge in [-0.25, -0.2) is 0 Å². The summed E-state index contributed by atoms with van der Waals surface area (Å²) in [6, 6.07) is 18.0. The van der Waals surface area contributed by atoms with Gasteiger partial charge in [-0.2, -0.15) is 0 Å². The predicted molar refractivity (Wildman–Crippen MR) is 122 cm³/mol. The molecule has 0 unspecified atom stereocenters. The highest BCUT2D eigenvalue weighted by Crippen LogP contribution is 2.18. The topological polar surface area (TPSA) is 67.4 Å². The first-order valence-corrected chi connectivity index (χ1v) is 10.2. The van der Waals surface area contributed by atoms with E-state index in [-0.39, 0.29) is 11.6 Å². The predicted octanol–water partition coefficient (Wildman–Crippen LogP) is 5.03. The molecule has 3 aromatic rings. The maximum atomic E-state index is 12.9. The molecule has 152 valence electrons. The molecule has 0 aliphatic heterocycles. The largest absolute Gasteiger partial charge is 0.490 e. The minimum absolute atomic E-state index is 0.163. The van der Waals surface area contributed by atoms with Crippen molar-refractivity contribution >= 4 is 34.9 Å². The molecule has 5 nitrogen and oxygen atoms in total. The molecule has 0 aliphatic rings. The summed E-state index contributed by atoms with van der Waals surface area (Å²) in [7, 11) is 0. The summed E-state index contributed by atoms with van der Waals surface area (Å²) in [6.07, 6.45) is 3.32. The van der Waals surface area contributed by atoms with Crippen molar-refractivity contribution in [3.63, 3.8) is 0 Å². The number of thiophene rings is 1. The lowest BCUT2D eigenvalue weighted by Crippen LogP contribution is -2.30. The number of benzene rings is 2. The molecule has 0 bridgehead atoms. The van der Waals surface area contributed by atoms with E-state index in [2.05, 4.69) is 17.2 Å². The van der Waals surface area contributed by atoms with Crippen LogP contribution in [-0.4, -0.2) is 18.4 Å². The zero-order valence-corrected chi connectivity index (χ0v) is 17.4. The van der Waals surface area contributed by atoms with Crippen LogP contribution < -0.4 is 15.4 Å². The van der Waals surface area contributed by atoms with Gasteiger partial charge < -0.3 is 15.4 Å². The van der Waals surface area contributed by atoms with Gasteiger partial charge in [-0.15, -0.1) is 11.3 Å². The van der Waals surface area contributed by atoms with Crippen LogP contribution in [0.3, 0.4) is 0 Å². The molecule has 2 aromatic carbocycles. The summed E-state index contributed by atoms with van der Waals surface area (Å²) < 4.78 is 5.45. The lowest BCUT2D eigenvalue weighted by molar-refractivity contribution is -0.113. The first-order chi connectivity index (χ1) is 14.5. The van der Waals surface area contributed by atoms with E-state index in [1.54, 1.807) is 48.6 Å². The van der Waals surface area contributed by atoms with Gasteiger partial charge in [-0.3, -0.25) is 9.59 Å².